The number of thioether (sulfide) groups is 1. The van der Waals surface area contributed by atoms with Crippen molar-refractivity contribution in [2.45, 2.75) is 37.1 Å². The Morgan fingerprint density at radius 1 is 1.29 bits per heavy atom. The maximum atomic E-state index is 12.2. The normalized spacial score (nSPS) is 11.6. The van der Waals surface area contributed by atoms with Crippen molar-refractivity contribution in [3.8, 4) is 0 Å². The van der Waals surface area contributed by atoms with Gasteiger partial charge < -0.3 is 0 Å². The first kappa shape index (κ1) is 14.1. The molecule has 94 valence electrons. The fourth-order valence-corrected chi connectivity index (χ4v) is 2.17. The van der Waals surface area contributed by atoms with Crippen LogP contribution in [0.25, 0.3) is 0 Å². The lowest BCUT2D eigenvalue weighted by molar-refractivity contribution is -0.116. The molecular formula is C12H13F3OS. The summed E-state index contributed by atoms with van der Waals surface area (Å²) in [6, 6.07) is 4.53. The van der Waals surface area contributed by atoms with E-state index >= 15 is 0 Å². The molecule has 0 spiro atoms. The number of alkyl halides is 3. The molecule has 5 heteroatoms. The van der Waals surface area contributed by atoms with E-state index in [2.05, 4.69) is 0 Å². The summed E-state index contributed by atoms with van der Waals surface area (Å²) in [7, 11) is 0. The molecule has 0 atom stereocenters. The minimum absolute atomic E-state index is 0.0101. The van der Waals surface area contributed by atoms with Gasteiger partial charge in [0.25, 0.3) is 0 Å². The third kappa shape index (κ3) is 4.81. The highest BCUT2D eigenvalue weighted by Crippen LogP contribution is 2.37. The van der Waals surface area contributed by atoms with E-state index in [0.717, 1.165) is 11.1 Å². The minimum atomic E-state index is -4.27. The number of hydrogen-bond donors (Lipinski definition) is 0. The molecule has 0 bridgehead atoms. The molecule has 1 aromatic carbocycles. The van der Waals surface area contributed by atoms with Crippen molar-refractivity contribution in [2.24, 2.45) is 0 Å². The van der Waals surface area contributed by atoms with Gasteiger partial charge in [0, 0.05) is 11.3 Å². The van der Waals surface area contributed by atoms with E-state index in [9.17, 15) is 18.0 Å². The molecule has 0 heterocycles. The standard InChI is InChI=1S/C12H13F3OS/c1-3-9-7-11(17-12(13,14)15)5-4-10(9)6-8(2)16/h4-5,7H,3,6H2,1-2H3. The van der Waals surface area contributed by atoms with E-state index < -0.39 is 5.51 Å². The molecule has 0 aromatic heterocycles. The Balaban J connectivity index is 2.96. The molecule has 0 aliphatic heterocycles. The van der Waals surface area contributed by atoms with Gasteiger partial charge in [-0.15, -0.1) is 0 Å². The summed E-state index contributed by atoms with van der Waals surface area (Å²) >= 11 is -0.127. The van der Waals surface area contributed by atoms with E-state index in [1.165, 1.54) is 19.1 Å². The van der Waals surface area contributed by atoms with Crippen molar-refractivity contribution < 1.29 is 18.0 Å². The first-order chi connectivity index (χ1) is 7.81. The van der Waals surface area contributed by atoms with Crippen LogP contribution in [0.4, 0.5) is 13.2 Å². The SMILES string of the molecule is CCc1cc(SC(F)(F)F)ccc1CC(C)=O. The monoisotopic (exact) mass is 262 g/mol. The minimum Gasteiger partial charge on any atom is -0.300 e. The first-order valence-electron chi connectivity index (χ1n) is 5.19. The number of carbonyl (C=O) groups excluding carboxylic acids is 1. The molecule has 0 unspecified atom stereocenters. The maximum Gasteiger partial charge on any atom is 0.446 e. The van der Waals surface area contributed by atoms with Gasteiger partial charge in [0.15, 0.2) is 0 Å². The van der Waals surface area contributed by atoms with Gasteiger partial charge in [-0.05, 0) is 48.4 Å². The van der Waals surface area contributed by atoms with Crippen LogP contribution >= 0.6 is 11.8 Å². The van der Waals surface area contributed by atoms with E-state index in [0.29, 0.717) is 6.42 Å². The van der Waals surface area contributed by atoms with Gasteiger partial charge in [0.05, 0.1) is 0 Å². The number of benzene rings is 1. The Morgan fingerprint density at radius 2 is 1.94 bits per heavy atom. The Hall–Kier alpha value is -0.970. The summed E-state index contributed by atoms with van der Waals surface area (Å²) in [4.78, 5) is 11.2. The topological polar surface area (TPSA) is 17.1 Å². The predicted octanol–water partition coefficient (Wildman–Crippen LogP) is 3.99. The van der Waals surface area contributed by atoms with Crippen molar-refractivity contribution >= 4 is 17.5 Å². The smallest absolute Gasteiger partial charge is 0.300 e. The Bertz CT molecular complexity index is 413. The van der Waals surface area contributed by atoms with Crippen LogP contribution in [0.15, 0.2) is 23.1 Å². The fourth-order valence-electron chi connectivity index (χ4n) is 1.57. The molecule has 1 nitrogen and oxygen atoms in total. The van der Waals surface area contributed by atoms with Crippen LogP contribution in [0, 0.1) is 0 Å². The lowest BCUT2D eigenvalue weighted by Crippen LogP contribution is -2.03. The van der Waals surface area contributed by atoms with Gasteiger partial charge in [-0.3, -0.25) is 4.79 Å². The van der Waals surface area contributed by atoms with E-state index in [4.69, 9.17) is 0 Å². The highest BCUT2D eigenvalue weighted by Gasteiger charge is 2.29. The molecule has 0 radical (unpaired) electrons. The summed E-state index contributed by atoms with van der Waals surface area (Å²) in [6.45, 7) is 3.33. The number of rotatable bonds is 4. The number of halogens is 3. The second-order valence-electron chi connectivity index (χ2n) is 3.71. The molecule has 1 rings (SSSR count). The molecule has 0 fully saturated rings. The Kier molecular flexibility index (Phi) is 4.62. The van der Waals surface area contributed by atoms with Gasteiger partial charge in [0.2, 0.25) is 0 Å². The second-order valence-corrected chi connectivity index (χ2v) is 4.85. The van der Waals surface area contributed by atoms with Crippen LogP contribution in [-0.2, 0) is 17.6 Å². The average molecular weight is 262 g/mol. The lowest BCUT2D eigenvalue weighted by Gasteiger charge is -2.10. The molecule has 1 aromatic rings. The van der Waals surface area contributed by atoms with Crippen LogP contribution in [0.2, 0.25) is 0 Å². The van der Waals surface area contributed by atoms with Gasteiger partial charge >= 0.3 is 5.51 Å². The molecule has 0 aliphatic carbocycles. The van der Waals surface area contributed by atoms with Gasteiger partial charge in [-0.1, -0.05) is 13.0 Å². The van der Waals surface area contributed by atoms with Gasteiger partial charge in [0.1, 0.15) is 5.78 Å². The van der Waals surface area contributed by atoms with Crippen molar-refractivity contribution in [1.29, 1.82) is 0 Å². The molecule has 17 heavy (non-hydrogen) atoms. The zero-order chi connectivity index (χ0) is 13.1. The first-order valence-corrected chi connectivity index (χ1v) is 6.00. The average Bonchev–Trinajstić information content (AvgIpc) is 2.17. The van der Waals surface area contributed by atoms with Crippen molar-refractivity contribution in [2.75, 3.05) is 0 Å². The van der Waals surface area contributed by atoms with Crippen molar-refractivity contribution in [3.63, 3.8) is 0 Å². The summed E-state index contributed by atoms with van der Waals surface area (Å²) in [5, 5.41) is 0. The number of carbonyl (C=O) groups is 1. The van der Waals surface area contributed by atoms with Crippen LogP contribution in [0.1, 0.15) is 25.0 Å². The quantitative estimate of drug-likeness (QED) is 0.763. The predicted molar refractivity (Wildman–Crippen MR) is 62.1 cm³/mol. The lowest BCUT2D eigenvalue weighted by atomic mass is 10.0. The third-order valence-corrected chi connectivity index (χ3v) is 2.95. The van der Waals surface area contributed by atoms with Crippen molar-refractivity contribution in [1.82, 2.24) is 0 Å². The number of hydrogen-bond acceptors (Lipinski definition) is 2. The number of ketones is 1. The maximum absolute atomic E-state index is 12.2. The molecule has 0 N–H and O–H groups in total. The van der Waals surface area contributed by atoms with Crippen LogP contribution in [-0.4, -0.2) is 11.3 Å². The zero-order valence-electron chi connectivity index (χ0n) is 9.60. The van der Waals surface area contributed by atoms with E-state index in [1.807, 2.05) is 6.92 Å². The van der Waals surface area contributed by atoms with Crippen LogP contribution in [0.5, 0.6) is 0 Å². The van der Waals surface area contributed by atoms with E-state index in [1.54, 1.807) is 6.07 Å². The molecular weight excluding hydrogens is 249 g/mol. The molecule has 0 amide bonds. The van der Waals surface area contributed by atoms with Crippen LogP contribution in [0.3, 0.4) is 0 Å². The molecule has 0 aliphatic rings. The Labute approximate surface area is 102 Å². The summed E-state index contributed by atoms with van der Waals surface area (Å²) in [5.41, 5.74) is -2.66. The molecule has 0 saturated carbocycles. The fraction of sp³-hybridized carbons (Fsp3) is 0.417. The van der Waals surface area contributed by atoms with Crippen molar-refractivity contribution in [3.05, 3.63) is 29.3 Å². The third-order valence-electron chi connectivity index (χ3n) is 2.23. The second kappa shape index (κ2) is 5.58. The highest BCUT2D eigenvalue weighted by atomic mass is 32.2. The Morgan fingerprint density at radius 3 is 2.41 bits per heavy atom. The summed E-state index contributed by atoms with van der Waals surface area (Å²) in [5.74, 6) is 0.0101. The van der Waals surface area contributed by atoms with Gasteiger partial charge in [-0.2, -0.15) is 13.2 Å². The van der Waals surface area contributed by atoms with Crippen LogP contribution < -0.4 is 0 Å². The number of aryl methyl sites for hydroxylation is 1. The molecule has 0 saturated heterocycles. The van der Waals surface area contributed by atoms with E-state index in [-0.39, 0.29) is 28.9 Å². The number of Topliss-reactive ketones (excluding diaryl/α,β-unsaturated/α-hetero) is 1. The zero-order valence-corrected chi connectivity index (χ0v) is 10.4. The summed E-state index contributed by atoms with van der Waals surface area (Å²) < 4.78 is 36.6. The summed E-state index contributed by atoms with van der Waals surface area (Å²) in [6.07, 6.45) is 0.898. The highest BCUT2D eigenvalue weighted by molar-refractivity contribution is 8.00. The largest absolute Gasteiger partial charge is 0.446 e. The van der Waals surface area contributed by atoms with Gasteiger partial charge in [-0.25, -0.2) is 0 Å².